The van der Waals surface area contributed by atoms with E-state index in [2.05, 4.69) is 22.2 Å². The second-order valence-corrected chi connectivity index (χ2v) is 4.77. The Kier molecular flexibility index (Phi) is 4.12. The lowest BCUT2D eigenvalue weighted by Crippen LogP contribution is -2.30. The van der Waals surface area contributed by atoms with Gasteiger partial charge in [0.15, 0.2) is 0 Å². The Hall–Kier alpha value is -1.65. The SMILES string of the molecule is CCCc1cc(NC2CCCC2C(=O)O)ncn1. The minimum atomic E-state index is -0.715. The minimum Gasteiger partial charge on any atom is -0.481 e. The molecule has 2 rings (SSSR count). The van der Waals surface area contributed by atoms with Gasteiger partial charge in [0, 0.05) is 17.8 Å². The number of carbonyl (C=O) groups is 1. The zero-order valence-corrected chi connectivity index (χ0v) is 10.6. The average Bonchev–Trinajstić information content (AvgIpc) is 2.78. The van der Waals surface area contributed by atoms with Gasteiger partial charge in [0.05, 0.1) is 5.92 Å². The molecule has 1 aliphatic rings. The molecule has 1 aromatic rings. The van der Waals surface area contributed by atoms with Gasteiger partial charge < -0.3 is 10.4 Å². The predicted molar refractivity (Wildman–Crippen MR) is 68.4 cm³/mol. The molecule has 1 aliphatic carbocycles. The van der Waals surface area contributed by atoms with Crippen LogP contribution in [0.3, 0.4) is 0 Å². The molecule has 0 amide bonds. The molecule has 98 valence electrons. The number of carboxylic acid groups (broad SMARTS) is 1. The second-order valence-electron chi connectivity index (χ2n) is 4.77. The van der Waals surface area contributed by atoms with E-state index in [-0.39, 0.29) is 12.0 Å². The summed E-state index contributed by atoms with van der Waals surface area (Å²) in [6.07, 6.45) is 6.10. The van der Waals surface area contributed by atoms with Crippen LogP contribution < -0.4 is 5.32 Å². The fourth-order valence-corrected chi connectivity index (χ4v) is 2.49. The predicted octanol–water partition coefficient (Wildman–Crippen LogP) is 2.09. The van der Waals surface area contributed by atoms with Crippen molar-refractivity contribution in [3.63, 3.8) is 0 Å². The molecule has 2 N–H and O–H groups in total. The van der Waals surface area contributed by atoms with Crippen LogP contribution in [-0.2, 0) is 11.2 Å². The molecule has 1 heterocycles. The first-order chi connectivity index (χ1) is 8.70. The molecule has 5 nitrogen and oxygen atoms in total. The molecule has 2 atom stereocenters. The molecular formula is C13H19N3O2. The molecule has 0 saturated heterocycles. The van der Waals surface area contributed by atoms with E-state index in [4.69, 9.17) is 5.11 Å². The van der Waals surface area contributed by atoms with Gasteiger partial charge in [0.1, 0.15) is 12.1 Å². The molecular weight excluding hydrogens is 230 g/mol. The molecule has 1 fully saturated rings. The number of nitrogens with zero attached hydrogens (tertiary/aromatic N) is 2. The zero-order chi connectivity index (χ0) is 13.0. The Balaban J connectivity index is 2.04. The van der Waals surface area contributed by atoms with Crippen molar-refractivity contribution in [2.75, 3.05) is 5.32 Å². The third-order valence-electron chi connectivity index (χ3n) is 3.40. The molecule has 0 aromatic carbocycles. The lowest BCUT2D eigenvalue weighted by molar-refractivity contribution is -0.141. The van der Waals surface area contributed by atoms with Crippen molar-refractivity contribution in [3.05, 3.63) is 18.1 Å². The third kappa shape index (κ3) is 2.97. The largest absolute Gasteiger partial charge is 0.481 e. The Labute approximate surface area is 107 Å². The number of aromatic nitrogens is 2. The number of carboxylic acids is 1. The van der Waals surface area contributed by atoms with E-state index in [1.165, 1.54) is 6.33 Å². The first-order valence-electron chi connectivity index (χ1n) is 6.51. The quantitative estimate of drug-likeness (QED) is 0.835. The van der Waals surface area contributed by atoms with Gasteiger partial charge in [-0.15, -0.1) is 0 Å². The average molecular weight is 249 g/mol. The van der Waals surface area contributed by atoms with Crippen LogP contribution >= 0.6 is 0 Å². The van der Waals surface area contributed by atoms with Crippen molar-refractivity contribution in [2.24, 2.45) is 5.92 Å². The molecule has 0 bridgehead atoms. The molecule has 0 spiro atoms. The van der Waals surface area contributed by atoms with E-state index in [9.17, 15) is 4.79 Å². The first-order valence-corrected chi connectivity index (χ1v) is 6.51. The van der Waals surface area contributed by atoms with Crippen LogP contribution in [0.2, 0.25) is 0 Å². The molecule has 5 heteroatoms. The van der Waals surface area contributed by atoms with Gasteiger partial charge >= 0.3 is 5.97 Å². The lowest BCUT2D eigenvalue weighted by atomic mass is 10.0. The number of anilines is 1. The van der Waals surface area contributed by atoms with Crippen molar-refractivity contribution in [1.29, 1.82) is 0 Å². The van der Waals surface area contributed by atoms with Gasteiger partial charge in [-0.25, -0.2) is 9.97 Å². The summed E-state index contributed by atoms with van der Waals surface area (Å²) in [6, 6.07) is 1.91. The molecule has 1 aromatic heterocycles. The van der Waals surface area contributed by atoms with Gasteiger partial charge in [-0.05, 0) is 19.3 Å². The third-order valence-corrected chi connectivity index (χ3v) is 3.40. The smallest absolute Gasteiger partial charge is 0.308 e. The maximum absolute atomic E-state index is 11.1. The summed E-state index contributed by atoms with van der Waals surface area (Å²) in [6.45, 7) is 2.10. The summed E-state index contributed by atoms with van der Waals surface area (Å²) in [4.78, 5) is 19.5. The highest BCUT2D eigenvalue weighted by Crippen LogP contribution is 2.28. The summed E-state index contributed by atoms with van der Waals surface area (Å²) in [5, 5.41) is 12.4. The normalized spacial score (nSPS) is 22.9. The van der Waals surface area contributed by atoms with Crippen LogP contribution in [0.15, 0.2) is 12.4 Å². The Morgan fingerprint density at radius 3 is 3.06 bits per heavy atom. The van der Waals surface area contributed by atoms with Crippen molar-refractivity contribution in [1.82, 2.24) is 9.97 Å². The van der Waals surface area contributed by atoms with Crippen molar-refractivity contribution in [3.8, 4) is 0 Å². The fourth-order valence-electron chi connectivity index (χ4n) is 2.49. The highest BCUT2D eigenvalue weighted by atomic mass is 16.4. The molecule has 2 unspecified atom stereocenters. The zero-order valence-electron chi connectivity index (χ0n) is 10.6. The summed E-state index contributed by atoms with van der Waals surface area (Å²) in [5.41, 5.74) is 1.000. The molecule has 1 saturated carbocycles. The van der Waals surface area contributed by atoms with Crippen LogP contribution in [0, 0.1) is 5.92 Å². The first kappa shape index (κ1) is 12.8. The Bertz CT molecular complexity index is 422. The highest BCUT2D eigenvalue weighted by Gasteiger charge is 2.32. The van der Waals surface area contributed by atoms with E-state index >= 15 is 0 Å². The van der Waals surface area contributed by atoms with Crippen LogP contribution in [-0.4, -0.2) is 27.1 Å². The summed E-state index contributed by atoms with van der Waals surface area (Å²) in [5.74, 6) is -0.269. The maximum Gasteiger partial charge on any atom is 0.308 e. The summed E-state index contributed by atoms with van der Waals surface area (Å²) < 4.78 is 0. The van der Waals surface area contributed by atoms with Crippen LogP contribution in [0.25, 0.3) is 0 Å². The van der Waals surface area contributed by atoms with Crippen LogP contribution in [0.5, 0.6) is 0 Å². The van der Waals surface area contributed by atoms with Gasteiger partial charge in [-0.3, -0.25) is 4.79 Å². The monoisotopic (exact) mass is 249 g/mol. The van der Waals surface area contributed by atoms with E-state index in [0.717, 1.165) is 43.6 Å². The lowest BCUT2D eigenvalue weighted by Gasteiger charge is -2.18. The fraction of sp³-hybridized carbons (Fsp3) is 0.615. The molecule has 0 aliphatic heterocycles. The van der Waals surface area contributed by atoms with E-state index < -0.39 is 5.97 Å². The number of nitrogens with one attached hydrogen (secondary N) is 1. The number of aliphatic carboxylic acids is 1. The number of hydrogen-bond donors (Lipinski definition) is 2. The van der Waals surface area contributed by atoms with Crippen molar-refractivity contribution < 1.29 is 9.90 Å². The van der Waals surface area contributed by atoms with E-state index in [0.29, 0.717) is 0 Å². The van der Waals surface area contributed by atoms with Gasteiger partial charge in [-0.1, -0.05) is 19.8 Å². The number of rotatable bonds is 5. The maximum atomic E-state index is 11.1. The highest BCUT2D eigenvalue weighted by molar-refractivity contribution is 5.72. The Morgan fingerprint density at radius 2 is 2.33 bits per heavy atom. The molecule has 0 radical (unpaired) electrons. The Morgan fingerprint density at radius 1 is 1.50 bits per heavy atom. The standard InChI is InChI=1S/C13H19N3O2/c1-2-4-9-7-12(15-8-14-9)16-11-6-3-5-10(11)13(17)18/h7-8,10-11H,2-6H2,1H3,(H,17,18)(H,14,15,16). The number of aryl methyl sites for hydroxylation is 1. The summed E-state index contributed by atoms with van der Waals surface area (Å²) >= 11 is 0. The van der Waals surface area contributed by atoms with E-state index in [1.54, 1.807) is 0 Å². The van der Waals surface area contributed by atoms with Crippen LogP contribution in [0.1, 0.15) is 38.3 Å². The second kappa shape index (κ2) is 5.80. The summed E-state index contributed by atoms with van der Waals surface area (Å²) in [7, 11) is 0. The minimum absolute atomic E-state index is 0.00752. The number of hydrogen-bond acceptors (Lipinski definition) is 4. The topological polar surface area (TPSA) is 75.1 Å². The van der Waals surface area contributed by atoms with Crippen molar-refractivity contribution in [2.45, 2.75) is 45.1 Å². The van der Waals surface area contributed by atoms with Crippen LogP contribution in [0.4, 0.5) is 5.82 Å². The van der Waals surface area contributed by atoms with E-state index in [1.807, 2.05) is 6.07 Å². The van der Waals surface area contributed by atoms with Gasteiger partial charge in [0.25, 0.3) is 0 Å². The van der Waals surface area contributed by atoms with Gasteiger partial charge in [0.2, 0.25) is 0 Å². The van der Waals surface area contributed by atoms with Crippen molar-refractivity contribution >= 4 is 11.8 Å². The van der Waals surface area contributed by atoms with Gasteiger partial charge in [-0.2, -0.15) is 0 Å². The molecule has 18 heavy (non-hydrogen) atoms.